The molecule has 148 valence electrons. The van der Waals surface area contributed by atoms with E-state index in [0.717, 1.165) is 38.9 Å². The van der Waals surface area contributed by atoms with E-state index in [1.165, 1.54) is 22.2 Å². The van der Waals surface area contributed by atoms with Gasteiger partial charge in [0.25, 0.3) is 0 Å². The average molecular weight is 360 g/mol. The van der Waals surface area contributed by atoms with E-state index in [2.05, 4.69) is 67.5 Å². The minimum Gasteiger partial charge on any atom is -0.407 e. The van der Waals surface area contributed by atoms with Crippen molar-refractivity contribution in [2.75, 3.05) is 13.2 Å². The zero-order valence-electron chi connectivity index (χ0n) is 18.5. The Morgan fingerprint density at radius 3 is 1.46 bits per heavy atom. The van der Waals surface area contributed by atoms with Crippen LogP contribution in [-0.2, 0) is 9.31 Å². The Morgan fingerprint density at radius 2 is 1.15 bits per heavy atom. The molecular weight excluding hydrogens is 319 g/mol. The highest BCUT2D eigenvalue weighted by atomic mass is 16.6. The van der Waals surface area contributed by atoms with E-state index in [1.807, 2.05) is 0 Å². The smallest absolute Gasteiger partial charge is 0.407 e. The zero-order chi connectivity index (χ0) is 19.7. The van der Waals surface area contributed by atoms with Gasteiger partial charge in [-0.05, 0) is 52.7 Å². The van der Waals surface area contributed by atoms with Gasteiger partial charge in [0.1, 0.15) is 0 Å². The first kappa shape index (κ1) is 23.2. The van der Waals surface area contributed by atoms with Crippen molar-refractivity contribution in [2.24, 2.45) is 0 Å². The SMILES string of the molecule is CCCCOB(OCCCC)c1c(C(C)C)cc(C(C)C)cc1C(C)C. The molecule has 3 heteroatoms. The Hall–Kier alpha value is -0.795. The van der Waals surface area contributed by atoms with Crippen molar-refractivity contribution in [2.45, 2.75) is 98.8 Å². The highest BCUT2D eigenvalue weighted by molar-refractivity contribution is 6.62. The molecule has 0 N–H and O–H groups in total. The summed E-state index contributed by atoms with van der Waals surface area (Å²) in [4.78, 5) is 0. The van der Waals surface area contributed by atoms with Gasteiger partial charge in [0.05, 0.1) is 0 Å². The van der Waals surface area contributed by atoms with Crippen LogP contribution in [-0.4, -0.2) is 20.3 Å². The molecule has 0 amide bonds. The van der Waals surface area contributed by atoms with Gasteiger partial charge < -0.3 is 9.31 Å². The maximum Gasteiger partial charge on any atom is 0.494 e. The Labute approximate surface area is 163 Å². The van der Waals surface area contributed by atoms with Gasteiger partial charge in [0, 0.05) is 13.2 Å². The van der Waals surface area contributed by atoms with E-state index < -0.39 is 0 Å². The lowest BCUT2D eigenvalue weighted by Gasteiger charge is -2.26. The minimum atomic E-state index is -0.246. The number of hydrogen-bond acceptors (Lipinski definition) is 2. The summed E-state index contributed by atoms with van der Waals surface area (Å²) >= 11 is 0. The second kappa shape index (κ2) is 11.8. The molecule has 0 saturated heterocycles. The van der Waals surface area contributed by atoms with Crippen molar-refractivity contribution in [3.63, 3.8) is 0 Å². The van der Waals surface area contributed by atoms with Gasteiger partial charge >= 0.3 is 7.12 Å². The monoisotopic (exact) mass is 360 g/mol. The van der Waals surface area contributed by atoms with Crippen molar-refractivity contribution in [1.82, 2.24) is 0 Å². The first-order valence-electron chi connectivity index (χ1n) is 10.7. The number of hydrogen-bond donors (Lipinski definition) is 0. The van der Waals surface area contributed by atoms with E-state index in [0.29, 0.717) is 17.8 Å². The molecule has 0 aromatic heterocycles. The van der Waals surface area contributed by atoms with Gasteiger partial charge in [-0.3, -0.25) is 0 Å². The molecule has 0 aliphatic heterocycles. The molecule has 0 saturated carbocycles. The lowest BCUT2D eigenvalue weighted by atomic mass is 9.67. The Kier molecular flexibility index (Phi) is 10.6. The Bertz CT molecular complexity index is 484. The molecule has 0 atom stereocenters. The van der Waals surface area contributed by atoms with E-state index in [-0.39, 0.29) is 7.12 Å². The van der Waals surface area contributed by atoms with Crippen LogP contribution in [0.2, 0.25) is 0 Å². The second-order valence-electron chi connectivity index (χ2n) is 8.36. The van der Waals surface area contributed by atoms with E-state index >= 15 is 0 Å². The van der Waals surface area contributed by atoms with Crippen LogP contribution in [0.3, 0.4) is 0 Å². The summed E-state index contributed by atoms with van der Waals surface area (Å²) in [6.45, 7) is 19.6. The quantitative estimate of drug-likeness (QED) is 0.318. The number of unbranched alkanes of at least 4 members (excludes halogenated alkanes) is 2. The van der Waals surface area contributed by atoms with Crippen LogP contribution < -0.4 is 5.46 Å². The fourth-order valence-electron chi connectivity index (χ4n) is 3.17. The van der Waals surface area contributed by atoms with Crippen LogP contribution in [0.1, 0.15) is 116 Å². The van der Waals surface area contributed by atoms with Gasteiger partial charge in [-0.2, -0.15) is 0 Å². The lowest BCUT2D eigenvalue weighted by molar-refractivity contribution is 0.202. The van der Waals surface area contributed by atoms with Crippen LogP contribution in [0, 0.1) is 0 Å². The van der Waals surface area contributed by atoms with Crippen molar-refractivity contribution in [3.8, 4) is 0 Å². The van der Waals surface area contributed by atoms with Gasteiger partial charge in [0.15, 0.2) is 0 Å². The Balaban J connectivity index is 3.38. The summed E-state index contributed by atoms with van der Waals surface area (Å²) in [5.74, 6) is 1.43. The first-order valence-corrected chi connectivity index (χ1v) is 10.7. The van der Waals surface area contributed by atoms with Crippen LogP contribution in [0.4, 0.5) is 0 Å². The molecule has 0 fully saturated rings. The van der Waals surface area contributed by atoms with Crippen LogP contribution in [0.15, 0.2) is 12.1 Å². The number of benzene rings is 1. The second-order valence-corrected chi connectivity index (χ2v) is 8.36. The van der Waals surface area contributed by atoms with Crippen molar-refractivity contribution in [3.05, 3.63) is 28.8 Å². The molecule has 0 spiro atoms. The third-order valence-corrected chi connectivity index (χ3v) is 4.95. The molecule has 26 heavy (non-hydrogen) atoms. The molecule has 1 aromatic carbocycles. The predicted molar refractivity (Wildman–Crippen MR) is 116 cm³/mol. The summed E-state index contributed by atoms with van der Waals surface area (Å²) in [6, 6.07) is 4.77. The van der Waals surface area contributed by atoms with E-state index in [9.17, 15) is 0 Å². The van der Waals surface area contributed by atoms with E-state index in [4.69, 9.17) is 9.31 Å². The first-order chi connectivity index (χ1) is 12.3. The van der Waals surface area contributed by atoms with Crippen molar-refractivity contribution < 1.29 is 9.31 Å². The van der Waals surface area contributed by atoms with Gasteiger partial charge in [0.2, 0.25) is 0 Å². The highest BCUT2D eigenvalue weighted by Gasteiger charge is 2.30. The standard InChI is InChI=1S/C23H41BO2/c1-9-11-13-25-24(26-14-12-10-2)23-21(18(5)6)15-20(17(3)4)16-22(23)19(7)8/h15-19H,9-14H2,1-8H3. The van der Waals surface area contributed by atoms with Crippen LogP contribution in [0.25, 0.3) is 0 Å². The normalized spacial score (nSPS) is 11.8. The third kappa shape index (κ3) is 6.74. The minimum absolute atomic E-state index is 0.246. The number of rotatable bonds is 12. The van der Waals surface area contributed by atoms with Crippen molar-refractivity contribution >= 4 is 12.6 Å². The molecule has 1 aromatic rings. The average Bonchev–Trinajstić information content (AvgIpc) is 2.59. The molecule has 0 aliphatic carbocycles. The van der Waals surface area contributed by atoms with Gasteiger partial charge in [-0.25, -0.2) is 0 Å². The summed E-state index contributed by atoms with van der Waals surface area (Å²) < 4.78 is 12.5. The zero-order valence-corrected chi connectivity index (χ0v) is 18.5. The molecular formula is C23H41BO2. The maximum absolute atomic E-state index is 6.27. The molecule has 1 rings (SSSR count). The molecule has 0 heterocycles. The molecule has 2 nitrogen and oxygen atoms in total. The fraction of sp³-hybridized carbons (Fsp3) is 0.739. The largest absolute Gasteiger partial charge is 0.494 e. The predicted octanol–water partition coefficient (Wildman–Crippen LogP) is 6.39. The summed E-state index contributed by atoms with van der Waals surface area (Å²) in [5.41, 5.74) is 5.48. The molecule has 0 aliphatic rings. The van der Waals surface area contributed by atoms with Gasteiger partial charge in [-0.1, -0.05) is 80.4 Å². The third-order valence-electron chi connectivity index (χ3n) is 4.95. The Morgan fingerprint density at radius 1 is 0.731 bits per heavy atom. The van der Waals surface area contributed by atoms with Crippen LogP contribution in [0.5, 0.6) is 0 Å². The van der Waals surface area contributed by atoms with Crippen LogP contribution >= 0.6 is 0 Å². The summed E-state index contributed by atoms with van der Waals surface area (Å²) in [5, 5.41) is 0. The summed E-state index contributed by atoms with van der Waals surface area (Å²) in [7, 11) is -0.246. The summed E-state index contributed by atoms with van der Waals surface area (Å²) in [6.07, 6.45) is 4.43. The van der Waals surface area contributed by atoms with Gasteiger partial charge in [-0.15, -0.1) is 0 Å². The molecule has 0 unspecified atom stereocenters. The fourth-order valence-corrected chi connectivity index (χ4v) is 3.17. The molecule has 0 radical (unpaired) electrons. The lowest BCUT2D eigenvalue weighted by Crippen LogP contribution is -2.43. The van der Waals surface area contributed by atoms with Crippen molar-refractivity contribution in [1.29, 1.82) is 0 Å². The maximum atomic E-state index is 6.27. The van der Waals surface area contributed by atoms with E-state index in [1.54, 1.807) is 0 Å². The highest BCUT2D eigenvalue weighted by Crippen LogP contribution is 2.26. The topological polar surface area (TPSA) is 18.5 Å². The molecule has 0 bridgehead atoms.